The molecule has 0 bridgehead atoms. The van der Waals surface area contributed by atoms with Gasteiger partial charge in [-0.05, 0) is 35.9 Å². The Kier molecular flexibility index (Phi) is 7.23. The molecule has 0 aliphatic rings. The first kappa shape index (κ1) is 24.8. The Morgan fingerprint density at radius 1 is 1.00 bits per heavy atom. The summed E-state index contributed by atoms with van der Waals surface area (Å²) in [6.07, 6.45) is -5.05. The lowest BCUT2D eigenvalue weighted by molar-refractivity contribution is -0.274. The number of rotatable bonds is 6. The van der Waals surface area contributed by atoms with Crippen LogP contribution < -0.4 is 10.1 Å². The smallest absolute Gasteiger partial charge is 0.405 e. The van der Waals surface area contributed by atoms with E-state index in [1.54, 1.807) is 0 Å². The topological polar surface area (TPSA) is 92.7 Å². The number of benzene rings is 3. The molecule has 12 heteroatoms. The van der Waals surface area contributed by atoms with E-state index in [4.69, 9.17) is 27.8 Å². The molecule has 174 valence electrons. The number of hydrogen-bond donors (Lipinski definition) is 2. The van der Waals surface area contributed by atoms with Crippen LogP contribution in [0.15, 0.2) is 65.6 Å². The van der Waals surface area contributed by atoms with Gasteiger partial charge in [-0.2, -0.15) is 8.42 Å². The predicted octanol–water partition coefficient (Wildman–Crippen LogP) is 5.99. The lowest BCUT2D eigenvalue weighted by Crippen LogP contribution is -2.17. The summed E-state index contributed by atoms with van der Waals surface area (Å²) < 4.78 is 73.4. The molecule has 1 amide bonds. The molecule has 0 aliphatic carbocycles. The summed E-state index contributed by atoms with van der Waals surface area (Å²) in [5.41, 5.74) is 0.771. The zero-order valence-electron chi connectivity index (χ0n) is 16.4. The van der Waals surface area contributed by atoms with Crippen molar-refractivity contribution in [1.82, 2.24) is 0 Å². The van der Waals surface area contributed by atoms with Crippen molar-refractivity contribution >= 4 is 44.9 Å². The number of carbonyl (C=O) groups is 1. The Hall–Kier alpha value is -2.79. The Morgan fingerprint density at radius 2 is 1.58 bits per heavy atom. The second-order valence-electron chi connectivity index (χ2n) is 6.70. The molecule has 0 heterocycles. The molecule has 0 saturated carbocycles. The molecule has 0 saturated heterocycles. The van der Waals surface area contributed by atoms with Crippen LogP contribution in [0.3, 0.4) is 0 Å². The van der Waals surface area contributed by atoms with Crippen LogP contribution in [0.5, 0.6) is 5.75 Å². The monoisotopic (exact) mass is 519 g/mol. The fraction of sp³-hybridized carbons (Fsp3) is 0.0952. The van der Waals surface area contributed by atoms with E-state index in [0.29, 0.717) is 5.56 Å². The van der Waals surface area contributed by atoms with Crippen LogP contribution in [0.1, 0.15) is 5.56 Å². The van der Waals surface area contributed by atoms with Crippen molar-refractivity contribution in [2.24, 2.45) is 0 Å². The molecule has 3 aromatic rings. The number of halogens is 5. The molecule has 0 radical (unpaired) electrons. The number of nitrogens with one attached hydrogen (secondary N) is 1. The second-order valence-corrected chi connectivity index (χ2v) is 8.94. The summed E-state index contributed by atoms with van der Waals surface area (Å²) >= 11 is 12.5. The number of anilines is 1. The van der Waals surface area contributed by atoms with Gasteiger partial charge >= 0.3 is 6.36 Å². The zero-order chi connectivity index (χ0) is 24.4. The molecule has 0 aliphatic heterocycles. The van der Waals surface area contributed by atoms with E-state index in [1.807, 2.05) is 0 Å². The molecule has 6 nitrogen and oxygen atoms in total. The maximum absolute atomic E-state index is 12.7. The Morgan fingerprint density at radius 3 is 2.12 bits per heavy atom. The zero-order valence-corrected chi connectivity index (χ0v) is 18.7. The van der Waals surface area contributed by atoms with Gasteiger partial charge in [-0.25, -0.2) is 0 Å². The van der Waals surface area contributed by atoms with Gasteiger partial charge in [0.15, 0.2) is 0 Å². The number of ether oxygens (including phenoxy) is 1. The molecule has 33 heavy (non-hydrogen) atoms. The maximum atomic E-state index is 12.7. The normalized spacial score (nSPS) is 11.8. The average Bonchev–Trinajstić information content (AvgIpc) is 2.67. The van der Waals surface area contributed by atoms with Crippen LogP contribution in [-0.2, 0) is 21.3 Å². The summed E-state index contributed by atoms with van der Waals surface area (Å²) in [6.45, 7) is 0. The number of hydrogen-bond acceptors (Lipinski definition) is 4. The minimum atomic E-state index is -4.91. The first-order valence-electron chi connectivity index (χ1n) is 9.04. The summed E-state index contributed by atoms with van der Waals surface area (Å²) in [7, 11) is -4.35. The molecule has 0 unspecified atom stereocenters. The molecule has 2 N–H and O–H groups in total. The van der Waals surface area contributed by atoms with Gasteiger partial charge in [0.1, 0.15) is 5.75 Å². The fourth-order valence-electron chi connectivity index (χ4n) is 2.96. The van der Waals surface area contributed by atoms with Gasteiger partial charge < -0.3 is 10.1 Å². The van der Waals surface area contributed by atoms with Gasteiger partial charge in [0.25, 0.3) is 10.1 Å². The molecule has 0 spiro atoms. The number of alkyl halides is 3. The van der Waals surface area contributed by atoms with E-state index in [9.17, 15) is 26.4 Å². The van der Waals surface area contributed by atoms with Crippen molar-refractivity contribution in [3.8, 4) is 16.9 Å². The Bertz CT molecular complexity index is 1270. The van der Waals surface area contributed by atoms with E-state index >= 15 is 0 Å². The highest BCUT2D eigenvalue weighted by atomic mass is 35.5. The van der Waals surface area contributed by atoms with E-state index in [2.05, 4.69) is 10.1 Å². The van der Waals surface area contributed by atoms with Gasteiger partial charge in [0.05, 0.1) is 21.4 Å². The molecule has 3 aromatic carbocycles. The van der Waals surface area contributed by atoms with Crippen LogP contribution in [-0.4, -0.2) is 25.2 Å². The minimum absolute atomic E-state index is 0.0154. The van der Waals surface area contributed by atoms with Gasteiger partial charge in [-0.1, -0.05) is 53.5 Å². The average molecular weight is 520 g/mol. The third-order valence-electron chi connectivity index (χ3n) is 4.29. The van der Waals surface area contributed by atoms with Crippen molar-refractivity contribution < 1.29 is 35.7 Å². The third kappa shape index (κ3) is 6.61. The number of para-hydroxylation sites is 1. The highest BCUT2D eigenvalue weighted by Crippen LogP contribution is 2.42. The number of amides is 1. The molecule has 3 rings (SSSR count). The summed E-state index contributed by atoms with van der Waals surface area (Å²) in [5.74, 6) is -0.978. The lowest BCUT2D eigenvalue weighted by Gasteiger charge is -2.16. The standard InChI is InChI=1S/C21H14Cl2F3NO5S/c22-16-10-13(27-19(28)9-12-5-7-14(8-6-12)33(29,30)31)11-17(23)20(16)15-3-1-2-4-18(15)32-21(24,25)26/h1-8,10-11H,9H2,(H,27,28)(H,29,30,31). The van der Waals surface area contributed by atoms with E-state index in [1.165, 1.54) is 42.5 Å². The van der Waals surface area contributed by atoms with Crippen molar-refractivity contribution in [2.75, 3.05) is 5.32 Å². The highest BCUT2D eigenvalue weighted by molar-refractivity contribution is 7.85. The summed E-state index contributed by atoms with van der Waals surface area (Å²) in [6, 6.07) is 13.0. The van der Waals surface area contributed by atoms with Gasteiger partial charge in [-0.15, -0.1) is 13.2 Å². The number of carbonyl (C=O) groups excluding carboxylic acids is 1. The summed E-state index contributed by atoms with van der Waals surface area (Å²) in [4.78, 5) is 12.0. The molecule has 0 fully saturated rings. The van der Waals surface area contributed by atoms with E-state index in [0.717, 1.165) is 18.2 Å². The van der Waals surface area contributed by atoms with Crippen LogP contribution in [0.2, 0.25) is 10.0 Å². The van der Waals surface area contributed by atoms with Crippen molar-refractivity contribution in [3.05, 3.63) is 76.3 Å². The Labute approximate surface area is 196 Å². The lowest BCUT2D eigenvalue weighted by atomic mass is 10.0. The van der Waals surface area contributed by atoms with Gasteiger partial charge in [0, 0.05) is 16.8 Å². The molecular weight excluding hydrogens is 506 g/mol. The Balaban J connectivity index is 1.81. The maximum Gasteiger partial charge on any atom is 0.573 e. The van der Waals surface area contributed by atoms with Gasteiger partial charge in [-0.3, -0.25) is 9.35 Å². The third-order valence-corrected chi connectivity index (χ3v) is 5.76. The quantitative estimate of drug-likeness (QED) is 0.390. The van der Waals surface area contributed by atoms with Crippen LogP contribution >= 0.6 is 23.2 Å². The van der Waals surface area contributed by atoms with E-state index in [-0.39, 0.29) is 38.2 Å². The first-order chi connectivity index (χ1) is 15.3. The van der Waals surface area contributed by atoms with Crippen LogP contribution in [0.25, 0.3) is 11.1 Å². The molecule has 0 aromatic heterocycles. The summed E-state index contributed by atoms with van der Waals surface area (Å²) in [5, 5.41) is 2.52. The predicted molar refractivity (Wildman–Crippen MR) is 117 cm³/mol. The highest BCUT2D eigenvalue weighted by Gasteiger charge is 2.32. The molecular formula is C21H14Cl2F3NO5S. The van der Waals surface area contributed by atoms with Crippen molar-refractivity contribution in [3.63, 3.8) is 0 Å². The van der Waals surface area contributed by atoms with Crippen molar-refractivity contribution in [2.45, 2.75) is 17.7 Å². The molecule has 0 atom stereocenters. The van der Waals surface area contributed by atoms with Crippen LogP contribution in [0, 0.1) is 0 Å². The van der Waals surface area contributed by atoms with Gasteiger partial charge in [0.2, 0.25) is 5.91 Å². The minimum Gasteiger partial charge on any atom is -0.405 e. The fourth-order valence-corrected chi connectivity index (χ4v) is 4.13. The largest absolute Gasteiger partial charge is 0.573 e. The van der Waals surface area contributed by atoms with E-state index < -0.39 is 28.1 Å². The first-order valence-corrected chi connectivity index (χ1v) is 11.2. The van der Waals surface area contributed by atoms with Crippen molar-refractivity contribution in [1.29, 1.82) is 0 Å². The second kappa shape index (κ2) is 9.60. The SMILES string of the molecule is O=C(Cc1ccc(S(=O)(=O)O)cc1)Nc1cc(Cl)c(-c2ccccc2OC(F)(F)F)c(Cl)c1. The van der Waals surface area contributed by atoms with Crippen LogP contribution in [0.4, 0.5) is 18.9 Å².